The van der Waals surface area contributed by atoms with E-state index in [4.69, 9.17) is 0 Å². The van der Waals surface area contributed by atoms with Gasteiger partial charge in [0.1, 0.15) is 11.6 Å². The quantitative estimate of drug-likeness (QED) is 0.875. The largest absolute Gasteiger partial charge is 0.311 e. The highest BCUT2D eigenvalue weighted by Gasteiger charge is 2.15. The summed E-state index contributed by atoms with van der Waals surface area (Å²) in [5, 5.41) is 14.0. The third kappa shape index (κ3) is 2.28. The monoisotopic (exact) mass is 239 g/mol. The second-order valence-corrected chi connectivity index (χ2v) is 3.59. The second kappa shape index (κ2) is 4.54. The molecule has 1 atom stereocenters. The lowest BCUT2D eigenvalue weighted by atomic mass is 10.2. The predicted octanol–water partition coefficient (Wildman–Crippen LogP) is 1.22. The zero-order valence-electron chi connectivity index (χ0n) is 9.35. The van der Waals surface area contributed by atoms with Crippen LogP contribution in [0.25, 0.3) is 5.69 Å². The maximum atomic E-state index is 13.1. The van der Waals surface area contributed by atoms with E-state index in [9.17, 15) is 8.78 Å². The Labute approximate surface area is 96.4 Å². The van der Waals surface area contributed by atoms with Gasteiger partial charge in [0.25, 0.3) is 0 Å². The molecule has 0 spiro atoms. The van der Waals surface area contributed by atoms with Gasteiger partial charge in [-0.2, -0.15) is 4.68 Å². The summed E-state index contributed by atoms with van der Waals surface area (Å²) in [7, 11) is 1.75. The molecule has 0 bridgehead atoms. The number of hydrogen-bond donors (Lipinski definition) is 1. The average molecular weight is 239 g/mol. The van der Waals surface area contributed by atoms with Crippen LogP contribution in [0.4, 0.5) is 8.78 Å². The van der Waals surface area contributed by atoms with Crippen molar-refractivity contribution < 1.29 is 8.78 Å². The lowest BCUT2D eigenvalue weighted by molar-refractivity contribution is 0.568. The van der Waals surface area contributed by atoms with Gasteiger partial charge in [-0.15, -0.1) is 5.10 Å². The fourth-order valence-corrected chi connectivity index (χ4v) is 1.44. The molecule has 0 saturated carbocycles. The Morgan fingerprint density at radius 2 is 1.88 bits per heavy atom. The third-order valence-electron chi connectivity index (χ3n) is 2.41. The molecule has 2 rings (SSSR count). The molecule has 1 aromatic carbocycles. The molecule has 17 heavy (non-hydrogen) atoms. The Bertz CT molecular complexity index is 505. The second-order valence-electron chi connectivity index (χ2n) is 3.59. The molecule has 1 unspecified atom stereocenters. The van der Waals surface area contributed by atoms with Crippen LogP contribution >= 0.6 is 0 Å². The molecule has 0 saturated heterocycles. The highest BCUT2D eigenvalue weighted by atomic mass is 19.1. The zero-order chi connectivity index (χ0) is 12.4. The van der Waals surface area contributed by atoms with Crippen LogP contribution in [0.5, 0.6) is 0 Å². The Hall–Kier alpha value is -1.89. The SMILES string of the molecule is CNC(C)c1nnnn1-c1cc(F)cc(F)c1. The smallest absolute Gasteiger partial charge is 0.173 e. The highest BCUT2D eigenvalue weighted by Crippen LogP contribution is 2.16. The summed E-state index contributed by atoms with van der Waals surface area (Å²) in [5.41, 5.74) is 0.254. The Balaban J connectivity index is 2.49. The number of hydrogen-bond acceptors (Lipinski definition) is 4. The predicted molar refractivity (Wildman–Crippen MR) is 56.5 cm³/mol. The summed E-state index contributed by atoms with van der Waals surface area (Å²) in [6, 6.07) is 3.02. The molecule has 0 aliphatic rings. The number of halogens is 2. The molecular weight excluding hydrogens is 228 g/mol. The van der Waals surface area contributed by atoms with Crippen LogP contribution < -0.4 is 5.32 Å². The van der Waals surface area contributed by atoms with Crippen LogP contribution in [0.15, 0.2) is 18.2 Å². The Morgan fingerprint density at radius 1 is 1.24 bits per heavy atom. The summed E-state index contributed by atoms with van der Waals surface area (Å²) in [5.74, 6) is -0.852. The Kier molecular flexibility index (Phi) is 3.10. The molecule has 1 heterocycles. The lowest BCUT2D eigenvalue weighted by Crippen LogP contribution is -2.18. The number of benzene rings is 1. The maximum absolute atomic E-state index is 13.1. The van der Waals surface area contributed by atoms with Crippen LogP contribution in [-0.4, -0.2) is 27.3 Å². The minimum atomic E-state index is -0.668. The number of rotatable bonds is 3. The summed E-state index contributed by atoms with van der Waals surface area (Å²) >= 11 is 0. The van der Waals surface area contributed by atoms with Crippen LogP contribution in [0, 0.1) is 11.6 Å². The van der Waals surface area contributed by atoms with E-state index in [0.29, 0.717) is 5.82 Å². The van der Waals surface area contributed by atoms with Crippen LogP contribution in [0.1, 0.15) is 18.8 Å². The van der Waals surface area contributed by atoms with E-state index in [1.807, 2.05) is 6.92 Å². The fourth-order valence-electron chi connectivity index (χ4n) is 1.44. The van der Waals surface area contributed by atoms with Crippen molar-refractivity contribution in [2.45, 2.75) is 13.0 Å². The number of nitrogens with zero attached hydrogens (tertiary/aromatic N) is 4. The van der Waals surface area contributed by atoms with Crippen molar-refractivity contribution in [3.05, 3.63) is 35.7 Å². The summed E-state index contributed by atoms with van der Waals surface area (Å²) < 4.78 is 27.5. The van der Waals surface area contributed by atoms with Crippen molar-refractivity contribution in [1.82, 2.24) is 25.5 Å². The normalized spacial score (nSPS) is 12.7. The molecule has 90 valence electrons. The van der Waals surface area contributed by atoms with E-state index < -0.39 is 11.6 Å². The van der Waals surface area contributed by atoms with Gasteiger partial charge in [0.05, 0.1) is 11.7 Å². The molecule has 1 aromatic heterocycles. The van der Waals surface area contributed by atoms with Crippen molar-refractivity contribution in [2.75, 3.05) is 7.05 Å². The molecule has 0 amide bonds. The molecule has 2 aromatic rings. The number of tetrazole rings is 1. The molecule has 1 N–H and O–H groups in total. The standard InChI is InChI=1S/C10H11F2N5/c1-6(13-2)10-14-15-16-17(10)9-4-7(11)3-8(12)5-9/h3-6,13H,1-2H3. The first-order valence-corrected chi connectivity index (χ1v) is 5.04. The molecule has 0 fully saturated rings. The number of aromatic nitrogens is 4. The van der Waals surface area contributed by atoms with Crippen LogP contribution in [0.3, 0.4) is 0 Å². The lowest BCUT2D eigenvalue weighted by Gasteiger charge is -2.10. The number of nitrogens with one attached hydrogen (secondary N) is 1. The molecule has 7 heteroatoms. The maximum Gasteiger partial charge on any atom is 0.173 e. The summed E-state index contributed by atoms with van der Waals surface area (Å²) in [6.07, 6.45) is 0. The highest BCUT2D eigenvalue weighted by molar-refractivity contribution is 5.32. The first kappa shape index (κ1) is 11.6. The van der Waals surface area contributed by atoms with Crippen molar-refractivity contribution in [1.29, 1.82) is 0 Å². The Morgan fingerprint density at radius 3 is 2.47 bits per heavy atom. The third-order valence-corrected chi connectivity index (χ3v) is 2.41. The van der Waals surface area contributed by atoms with Gasteiger partial charge in [-0.3, -0.25) is 0 Å². The van der Waals surface area contributed by atoms with Gasteiger partial charge in [0, 0.05) is 6.07 Å². The molecule has 0 aliphatic carbocycles. The summed E-state index contributed by atoms with van der Waals surface area (Å²) in [6.45, 7) is 1.85. The van der Waals surface area contributed by atoms with E-state index >= 15 is 0 Å². The zero-order valence-corrected chi connectivity index (χ0v) is 9.35. The van der Waals surface area contributed by atoms with E-state index in [-0.39, 0.29) is 11.7 Å². The van der Waals surface area contributed by atoms with Gasteiger partial charge < -0.3 is 5.32 Å². The first-order valence-electron chi connectivity index (χ1n) is 5.04. The van der Waals surface area contributed by atoms with E-state index in [1.165, 1.54) is 16.8 Å². The summed E-state index contributed by atoms with van der Waals surface area (Å²) in [4.78, 5) is 0. The van der Waals surface area contributed by atoms with Crippen LogP contribution in [0.2, 0.25) is 0 Å². The van der Waals surface area contributed by atoms with Gasteiger partial charge in [-0.25, -0.2) is 8.78 Å². The van der Waals surface area contributed by atoms with E-state index in [1.54, 1.807) is 7.05 Å². The van der Waals surface area contributed by atoms with Crippen molar-refractivity contribution >= 4 is 0 Å². The average Bonchev–Trinajstić information content (AvgIpc) is 2.75. The molecule has 0 radical (unpaired) electrons. The van der Waals surface area contributed by atoms with Crippen molar-refractivity contribution in [2.24, 2.45) is 0 Å². The van der Waals surface area contributed by atoms with Gasteiger partial charge in [0.2, 0.25) is 0 Å². The van der Waals surface area contributed by atoms with Crippen molar-refractivity contribution in [3.63, 3.8) is 0 Å². The van der Waals surface area contributed by atoms with Gasteiger partial charge in [0.15, 0.2) is 5.82 Å². The minimum absolute atomic E-state index is 0.128. The van der Waals surface area contributed by atoms with Gasteiger partial charge >= 0.3 is 0 Å². The van der Waals surface area contributed by atoms with E-state index in [2.05, 4.69) is 20.8 Å². The van der Waals surface area contributed by atoms with Gasteiger partial charge in [-0.05, 0) is 36.5 Å². The minimum Gasteiger partial charge on any atom is -0.311 e. The van der Waals surface area contributed by atoms with Gasteiger partial charge in [-0.1, -0.05) is 0 Å². The van der Waals surface area contributed by atoms with Crippen LogP contribution in [-0.2, 0) is 0 Å². The topological polar surface area (TPSA) is 55.6 Å². The molecule has 5 nitrogen and oxygen atoms in total. The van der Waals surface area contributed by atoms with Crippen molar-refractivity contribution in [3.8, 4) is 5.69 Å². The first-order chi connectivity index (χ1) is 8.11. The molecular formula is C10H11F2N5. The van der Waals surface area contributed by atoms with E-state index in [0.717, 1.165) is 6.07 Å². The fraction of sp³-hybridized carbons (Fsp3) is 0.300. The molecule has 0 aliphatic heterocycles.